The molecule has 0 spiro atoms. The highest BCUT2D eigenvalue weighted by Gasteiger charge is 2.19. The number of hydrogen-bond donors (Lipinski definition) is 0. The van der Waals surface area contributed by atoms with Crippen molar-refractivity contribution in [2.75, 3.05) is 0 Å². The van der Waals surface area contributed by atoms with Gasteiger partial charge in [-0.1, -0.05) is 36.4 Å². The van der Waals surface area contributed by atoms with Crippen LogP contribution in [-0.4, -0.2) is 18.7 Å². The molecule has 5 aromatic carbocycles. The number of rotatable bonds is 6. The predicted octanol–water partition coefficient (Wildman–Crippen LogP) is 10.9. The third-order valence-corrected chi connectivity index (χ3v) is 8.94. The van der Waals surface area contributed by atoms with Crippen molar-refractivity contribution >= 4 is 32.8 Å². The van der Waals surface area contributed by atoms with E-state index in [-0.39, 0.29) is 0 Å². The largest absolute Gasteiger partial charge is 0.456 e. The molecule has 0 radical (unpaired) electrons. The van der Waals surface area contributed by atoms with Crippen LogP contribution in [0.1, 0.15) is 31.0 Å². The molecule has 46 heavy (non-hydrogen) atoms. The van der Waals surface area contributed by atoms with Crippen molar-refractivity contribution in [1.29, 1.82) is 0 Å². The van der Waals surface area contributed by atoms with Gasteiger partial charge in [-0.05, 0) is 105 Å². The first-order valence-corrected chi connectivity index (χ1v) is 15.8. The number of aromatic nitrogens is 4. The number of hydrogen-bond acceptors (Lipinski definition) is 2. The van der Waals surface area contributed by atoms with Gasteiger partial charge in [-0.2, -0.15) is 4.57 Å². The van der Waals surface area contributed by atoms with Gasteiger partial charge in [0.25, 0.3) is 0 Å². The summed E-state index contributed by atoms with van der Waals surface area (Å²) < 4.78 is 13.4. The number of ether oxygens (including phenoxy) is 1. The van der Waals surface area contributed by atoms with Crippen LogP contribution in [0.5, 0.6) is 11.5 Å². The Morgan fingerprint density at radius 3 is 2.13 bits per heavy atom. The van der Waals surface area contributed by atoms with E-state index >= 15 is 0 Å². The fourth-order valence-corrected chi connectivity index (χ4v) is 6.81. The Bertz CT molecular complexity index is 2390. The highest BCUT2D eigenvalue weighted by Crippen LogP contribution is 2.37. The molecule has 0 saturated carbocycles. The quantitative estimate of drug-likeness (QED) is 0.178. The van der Waals surface area contributed by atoms with Crippen LogP contribution in [0.4, 0.5) is 0 Å². The van der Waals surface area contributed by atoms with Gasteiger partial charge in [0, 0.05) is 47.3 Å². The van der Waals surface area contributed by atoms with E-state index in [0.29, 0.717) is 6.04 Å². The van der Waals surface area contributed by atoms with Crippen molar-refractivity contribution in [1.82, 2.24) is 18.7 Å². The van der Waals surface area contributed by atoms with Gasteiger partial charge in [0.2, 0.25) is 0 Å². The minimum atomic E-state index is 0.347. The summed E-state index contributed by atoms with van der Waals surface area (Å²) in [5, 5.41) is 2.34. The molecule has 0 bridgehead atoms. The summed E-state index contributed by atoms with van der Waals surface area (Å²) in [5.74, 6) is 2.43. The number of para-hydroxylation sites is 3. The SMILES string of the molecule is Cc1cccc(C)c1-c1ccnc(-n2c3ccccc3c3ccc(Oc4cccc(-n5[cH+]n(C(C)C)c6ccccc65)c4)cc32)c1. The van der Waals surface area contributed by atoms with Crippen LogP contribution in [0.3, 0.4) is 0 Å². The Hall–Kier alpha value is -5.68. The third-order valence-electron chi connectivity index (χ3n) is 8.94. The molecule has 0 fully saturated rings. The number of benzene rings is 5. The van der Waals surface area contributed by atoms with Crippen LogP contribution in [0.15, 0.2) is 134 Å². The molecule has 8 aromatic rings. The summed E-state index contributed by atoms with van der Waals surface area (Å²) in [6.45, 7) is 8.76. The lowest BCUT2D eigenvalue weighted by atomic mass is 9.96. The van der Waals surface area contributed by atoms with Crippen molar-refractivity contribution in [3.63, 3.8) is 0 Å². The molecule has 224 valence electrons. The molecule has 0 aliphatic rings. The Morgan fingerprint density at radius 1 is 0.630 bits per heavy atom. The minimum absolute atomic E-state index is 0.347. The molecule has 3 aromatic heterocycles. The molecule has 0 aliphatic heterocycles. The Balaban J connectivity index is 1.22. The first-order chi connectivity index (χ1) is 22.5. The summed E-state index contributed by atoms with van der Waals surface area (Å²) >= 11 is 0. The fourth-order valence-electron chi connectivity index (χ4n) is 6.81. The smallest absolute Gasteiger partial charge is 0.191 e. The fraction of sp³-hybridized carbons (Fsp3) is 0.122. The van der Waals surface area contributed by atoms with Gasteiger partial charge in [0.1, 0.15) is 23.0 Å². The number of nitrogens with zero attached hydrogens (tertiary/aromatic N) is 4. The van der Waals surface area contributed by atoms with Gasteiger partial charge in [-0.3, -0.25) is 4.57 Å². The van der Waals surface area contributed by atoms with E-state index in [2.05, 4.69) is 163 Å². The highest BCUT2D eigenvalue weighted by molar-refractivity contribution is 6.09. The number of pyridine rings is 1. The Labute approximate surface area is 268 Å². The van der Waals surface area contributed by atoms with Crippen molar-refractivity contribution in [2.24, 2.45) is 0 Å². The van der Waals surface area contributed by atoms with Crippen molar-refractivity contribution in [3.05, 3.63) is 145 Å². The second kappa shape index (κ2) is 11.0. The van der Waals surface area contributed by atoms with Crippen LogP contribution in [0.25, 0.3) is 55.5 Å². The van der Waals surface area contributed by atoms with Gasteiger partial charge >= 0.3 is 0 Å². The highest BCUT2D eigenvalue weighted by atomic mass is 16.5. The normalized spacial score (nSPS) is 11.7. The predicted molar refractivity (Wildman–Crippen MR) is 190 cm³/mol. The number of imidazole rings is 1. The van der Waals surface area contributed by atoms with E-state index < -0.39 is 0 Å². The van der Waals surface area contributed by atoms with Crippen LogP contribution < -0.4 is 4.74 Å². The minimum Gasteiger partial charge on any atom is -0.456 e. The molecular weight excluding hydrogens is 564 g/mol. The molecular formula is C41H35N4O+. The topological polar surface area (TPSA) is 36.9 Å². The summed E-state index contributed by atoms with van der Waals surface area (Å²) in [4.78, 5) is 4.88. The maximum absolute atomic E-state index is 6.57. The van der Waals surface area contributed by atoms with E-state index in [0.717, 1.165) is 50.5 Å². The summed E-state index contributed by atoms with van der Waals surface area (Å²) in [5.41, 5.74) is 10.5. The second-order valence-electron chi connectivity index (χ2n) is 12.3. The molecule has 0 atom stereocenters. The summed E-state index contributed by atoms with van der Waals surface area (Å²) in [7, 11) is 0. The summed E-state index contributed by atoms with van der Waals surface area (Å²) in [6, 6.07) is 42.8. The molecule has 8 rings (SSSR count). The molecule has 0 aliphatic carbocycles. The third kappa shape index (κ3) is 4.63. The maximum Gasteiger partial charge on any atom is 0.191 e. The van der Waals surface area contributed by atoms with E-state index in [4.69, 9.17) is 9.72 Å². The average Bonchev–Trinajstić information content (AvgIpc) is 3.61. The van der Waals surface area contributed by atoms with E-state index in [1.165, 1.54) is 27.6 Å². The van der Waals surface area contributed by atoms with Gasteiger partial charge in [0.15, 0.2) is 17.4 Å². The van der Waals surface area contributed by atoms with Crippen molar-refractivity contribution < 1.29 is 4.74 Å². The van der Waals surface area contributed by atoms with E-state index in [1.54, 1.807) is 0 Å². The first-order valence-electron chi connectivity index (χ1n) is 15.8. The van der Waals surface area contributed by atoms with E-state index in [9.17, 15) is 0 Å². The van der Waals surface area contributed by atoms with Gasteiger partial charge < -0.3 is 4.74 Å². The van der Waals surface area contributed by atoms with Crippen molar-refractivity contribution in [2.45, 2.75) is 33.7 Å². The van der Waals surface area contributed by atoms with Crippen molar-refractivity contribution in [3.8, 4) is 34.1 Å². The van der Waals surface area contributed by atoms with E-state index in [1.807, 2.05) is 12.3 Å². The maximum atomic E-state index is 6.57. The lowest BCUT2D eigenvalue weighted by Gasteiger charge is -2.13. The lowest BCUT2D eigenvalue weighted by molar-refractivity contribution is 0.483. The van der Waals surface area contributed by atoms with Crippen LogP contribution in [-0.2, 0) is 0 Å². The molecule has 0 unspecified atom stereocenters. The zero-order chi connectivity index (χ0) is 31.4. The van der Waals surface area contributed by atoms with Gasteiger partial charge in [-0.25, -0.2) is 9.55 Å². The Morgan fingerprint density at radius 2 is 1.33 bits per heavy atom. The molecule has 5 heteroatoms. The summed E-state index contributed by atoms with van der Waals surface area (Å²) in [6.07, 6.45) is 4.09. The first kappa shape index (κ1) is 27.8. The van der Waals surface area contributed by atoms with Crippen LogP contribution in [0, 0.1) is 13.8 Å². The zero-order valence-corrected chi connectivity index (χ0v) is 26.5. The lowest BCUT2D eigenvalue weighted by Crippen LogP contribution is -1.99. The van der Waals surface area contributed by atoms with Gasteiger partial charge in [0.05, 0.1) is 17.1 Å². The van der Waals surface area contributed by atoms with Crippen LogP contribution >= 0.6 is 0 Å². The number of fused-ring (bicyclic) bond motifs is 4. The molecule has 5 nitrogen and oxygen atoms in total. The Kier molecular flexibility index (Phi) is 6.68. The molecule has 0 saturated heterocycles. The number of aryl methyl sites for hydroxylation is 2. The molecule has 3 heterocycles. The average molecular weight is 600 g/mol. The standard InChI is InChI=1S/C41H35N4O/c1-27(2)43-26-44(38-18-8-7-17-37(38)43)31-13-10-14-32(24-31)46-33-19-20-35-34-15-5-6-16-36(34)45(39(35)25-33)40-23-30(21-22-42-40)41-28(3)11-9-12-29(41)4/h5-27H,1-4H3/q+1. The molecule has 0 N–H and O–H groups in total. The second-order valence-corrected chi connectivity index (χ2v) is 12.3. The zero-order valence-electron chi connectivity index (χ0n) is 26.5. The molecule has 0 amide bonds. The monoisotopic (exact) mass is 599 g/mol. The van der Waals surface area contributed by atoms with Gasteiger partial charge in [-0.15, -0.1) is 0 Å². The van der Waals surface area contributed by atoms with Crippen LogP contribution in [0.2, 0.25) is 0 Å².